The standard InChI is InChI=1S/C8H13N3/c1-5-7(3)10-4-11-8(5)6(2)9/h4,6H,9H2,1-3H3/t6-/m0/s1. The second-order valence-electron chi connectivity index (χ2n) is 2.76. The van der Waals surface area contributed by atoms with Gasteiger partial charge < -0.3 is 5.73 Å². The van der Waals surface area contributed by atoms with Gasteiger partial charge in [-0.25, -0.2) is 9.97 Å². The third-order valence-electron chi connectivity index (χ3n) is 1.81. The molecule has 1 aromatic heterocycles. The first kappa shape index (κ1) is 8.14. The Hall–Kier alpha value is -0.960. The Kier molecular flexibility index (Phi) is 2.19. The van der Waals surface area contributed by atoms with Crippen LogP contribution in [0.5, 0.6) is 0 Å². The van der Waals surface area contributed by atoms with Crippen LogP contribution in [0.1, 0.15) is 29.9 Å². The number of nitrogens with zero attached hydrogens (tertiary/aromatic N) is 2. The Balaban J connectivity index is 3.17. The number of aryl methyl sites for hydroxylation is 1. The number of nitrogens with two attached hydrogens (primary N) is 1. The van der Waals surface area contributed by atoms with Crippen LogP contribution in [0.15, 0.2) is 6.33 Å². The summed E-state index contributed by atoms with van der Waals surface area (Å²) in [5.74, 6) is 0. The molecule has 0 aromatic carbocycles. The van der Waals surface area contributed by atoms with Crippen LogP contribution in [0.4, 0.5) is 0 Å². The quantitative estimate of drug-likeness (QED) is 0.654. The van der Waals surface area contributed by atoms with Crippen molar-refractivity contribution < 1.29 is 0 Å². The molecule has 0 aliphatic heterocycles. The Morgan fingerprint density at radius 1 is 1.36 bits per heavy atom. The highest BCUT2D eigenvalue weighted by atomic mass is 14.9. The molecule has 3 heteroatoms. The van der Waals surface area contributed by atoms with Crippen molar-refractivity contribution in [1.29, 1.82) is 0 Å². The van der Waals surface area contributed by atoms with Crippen molar-refractivity contribution >= 4 is 0 Å². The minimum absolute atomic E-state index is 0.00306. The molecule has 0 saturated heterocycles. The van der Waals surface area contributed by atoms with Crippen molar-refractivity contribution in [3.63, 3.8) is 0 Å². The molecule has 1 aromatic rings. The SMILES string of the molecule is Cc1ncnc([C@H](C)N)c1C. The maximum Gasteiger partial charge on any atom is 0.116 e. The van der Waals surface area contributed by atoms with Crippen molar-refractivity contribution in [2.75, 3.05) is 0 Å². The van der Waals surface area contributed by atoms with E-state index in [4.69, 9.17) is 5.73 Å². The molecule has 0 radical (unpaired) electrons. The second-order valence-corrected chi connectivity index (χ2v) is 2.76. The van der Waals surface area contributed by atoms with Gasteiger partial charge in [0.15, 0.2) is 0 Å². The van der Waals surface area contributed by atoms with Gasteiger partial charge in [0.05, 0.1) is 5.69 Å². The van der Waals surface area contributed by atoms with E-state index in [0.717, 1.165) is 17.0 Å². The molecule has 0 amide bonds. The average Bonchev–Trinajstić information content (AvgIpc) is 1.94. The summed E-state index contributed by atoms with van der Waals surface area (Å²) in [6.07, 6.45) is 1.56. The molecule has 1 atom stereocenters. The van der Waals surface area contributed by atoms with Gasteiger partial charge in [-0.1, -0.05) is 0 Å². The van der Waals surface area contributed by atoms with Gasteiger partial charge in [0.2, 0.25) is 0 Å². The molecule has 0 aliphatic rings. The Labute approximate surface area is 66.7 Å². The van der Waals surface area contributed by atoms with Gasteiger partial charge in [0.25, 0.3) is 0 Å². The first-order valence-electron chi connectivity index (χ1n) is 3.66. The lowest BCUT2D eigenvalue weighted by molar-refractivity contribution is 0.759. The second kappa shape index (κ2) is 2.96. The molecule has 0 spiro atoms. The average molecular weight is 151 g/mol. The van der Waals surface area contributed by atoms with Crippen LogP contribution in [0.3, 0.4) is 0 Å². The summed E-state index contributed by atoms with van der Waals surface area (Å²) in [4.78, 5) is 8.16. The molecule has 3 nitrogen and oxygen atoms in total. The van der Waals surface area contributed by atoms with Gasteiger partial charge >= 0.3 is 0 Å². The fraction of sp³-hybridized carbons (Fsp3) is 0.500. The normalized spacial score (nSPS) is 13.1. The van der Waals surface area contributed by atoms with E-state index in [1.807, 2.05) is 20.8 Å². The van der Waals surface area contributed by atoms with E-state index >= 15 is 0 Å². The summed E-state index contributed by atoms with van der Waals surface area (Å²) in [5, 5.41) is 0. The summed E-state index contributed by atoms with van der Waals surface area (Å²) >= 11 is 0. The van der Waals surface area contributed by atoms with E-state index in [9.17, 15) is 0 Å². The number of hydrogen-bond donors (Lipinski definition) is 1. The van der Waals surface area contributed by atoms with E-state index < -0.39 is 0 Å². The van der Waals surface area contributed by atoms with Crippen molar-refractivity contribution in [2.24, 2.45) is 5.73 Å². The summed E-state index contributed by atoms with van der Waals surface area (Å²) in [7, 11) is 0. The number of aromatic nitrogens is 2. The zero-order valence-corrected chi connectivity index (χ0v) is 7.13. The molecule has 1 heterocycles. The molecule has 11 heavy (non-hydrogen) atoms. The maximum absolute atomic E-state index is 5.69. The lowest BCUT2D eigenvalue weighted by Gasteiger charge is -2.08. The van der Waals surface area contributed by atoms with Crippen LogP contribution in [-0.2, 0) is 0 Å². The first-order valence-corrected chi connectivity index (χ1v) is 3.66. The van der Waals surface area contributed by atoms with Crippen LogP contribution >= 0.6 is 0 Å². The van der Waals surface area contributed by atoms with Gasteiger partial charge in [-0.3, -0.25) is 0 Å². The highest BCUT2D eigenvalue weighted by Gasteiger charge is 2.06. The van der Waals surface area contributed by atoms with Crippen LogP contribution in [0.25, 0.3) is 0 Å². The molecule has 0 bridgehead atoms. The molecule has 0 fully saturated rings. The van der Waals surface area contributed by atoms with Gasteiger partial charge in [-0.2, -0.15) is 0 Å². The molecular weight excluding hydrogens is 138 g/mol. The van der Waals surface area contributed by atoms with Gasteiger partial charge in [0, 0.05) is 11.7 Å². The Morgan fingerprint density at radius 3 is 2.45 bits per heavy atom. The van der Waals surface area contributed by atoms with Crippen LogP contribution in [0.2, 0.25) is 0 Å². The topological polar surface area (TPSA) is 51.8 Å². The predicted octanol–water partition coefficient (Wildman–Crippen LogP) is 1.11. The van der Waals surface area contributed by atoms with E-state index in [-0.39, 0.29) is 6.04 Å². The monoisotopic (exact) mass is 151 g/mol. The van der Waals surface area contributed by atoms with Crippen molar-refractivity contribution in [3.8, 4) is 0 Å². The molecule has 60 valence electrons. The van der Waals surface area contributed by atoms with E-state index in [1.165, 1.54) is 0 Å². The zero-order valence-electron chi connectivity index (χ0n) is 7.13. The van der Waals surface area contributed by atoms with E-state index in [1.54, 1.807) is 6.33 Å². The summed E-state index contributed by atoms with van der Waals surface area (Å²) in [5.41, 5.74) is 8.74. The van der Waals surface area contributed by atoms with Gasteiger partial charge in [-0.05, 0) is 26.3 Å². The highest BCUT2D eigenvalue weighted by molar-refractivity contribution is 5.23. The molecule has 0 unspecified atom stereocenters. The van der Waals surface area contributed by atoms with Crippen LogP contribution in [0, 0.1) is 13.8 Å². The van der Waals surface area contributed by atoms with Crippen molar-refractivity contribution in [3.05, 3.63) is 23.3 Å². The maximum atomic E-state index is 5.69. The van der Waals surface area contributed by atoms with E-state index in [0.29, 0.717) is 0 Å². The predicted molar refractivity (Wildman–Crippen MR) is 44.1 cm³/mol. The number of hydrogen-bond acceptors (Lipinski definition) is 3. The van der Waals surface area contributed by atoms with Gasteiger partial charge in [-0.15, -0.1) is 0 Å². The third kappa shape index (κ3) is 1.54. The van der Waals surface area contributed by atoms with E-state index in [2.05, 4.69) is 9.97 Å². The van der Waals surface area contributed by atoms with Crippen molar-refractivity contribution in [1.82, 2.24) is 9.97 Å². The van der Waals surface area contributed by atoms with Gasteiger partial charge in [0.1, 0.15) is 6.33 Å². The summed E-state index contributed by atoms with van der Waals surface area (Å²) in [6, 6.07) is -0.00306. The number of rotatable bonds is 1. The summed E-state index contributed by atoms with van der Waals surface area (Å²) < 4.78 is 0. The molecule has 2 N–H and O–H groups in total. The lowest BCUT2D eigenvalue weighted by Crippen LogP contribution is -2.10. The third-order valence-corrected chi connectivity index (χ3v) is 1.81. The highest BCUT2D eigenvalue weighted by Crippen LogP contribution is 2.12. The van der Waals surface area contributed by atoms with Crippen molar-refractivity contribution in [2.45, 2.75) is 26.8 Å². The lowest BCUT2D eigenvalue weighted by atomic mass is 10.1. The molecule has 0 aliphatic carbocycles. The molecule has 0 saturated carbocycles. The minimum atomic E-state index is -0.00306. The minimum Gasteiger partial charge on any atom is -0.323 e. The largest absolute Gasteiger partial charge is 0.323 e. The molecular formula is C8H13N3. The summed E-state index contributed by atoms with van der Waals surface area (Å²) in [6.45, 7) is 5.88. The van der Waals surface area contributed by atoms with Crippen LogP contribution in [-0.4, -0.2) is 9.97 Å². The fourth-order valence-corrected chi connectivity index (χ4v) is 1.02. The Morgan fingerprint density at radius 2 is 2.00 bits per heavy atom. The first-order chi connectivity index (χ1) is 5.13. The Bertz CT molecular complexity index is 256. The van der Waals surface area contributed by atoms with Crippen LogP contribution < -0.4 is 5.73 Å². The smallest absolute Gasteiger partial charge is 0.116 e. The molecule has 1 rings (SSSR count). The fourth-order valence-electron chi connectivity index (χ4n) is 1.02. The zero-order chi connectivity index (χ0) is 8.43.